The number of unbranched alkanes of at least 4 members (excludes halogenated alkanes) is 3. The van der Waals surface area contributed by atoms with E-state index in [1.165, 1.54) is 0 Å². The van der Waals surface area contributed by atoms with Crippen LogP contribution in [0.25, 0.3) is 0 Å². The monoisotopic (exact) mass is 306 g/mol. The molecule has 0 fully saturated rings. The number of ether oxygens (including phenoxy) is 3. The highest BCUT2D eigenvalue weighted by Gasteiger charge is 2.06. The molecule has 0 unspecified atom stereocenters. The van der Waals surface area contributed by atoms with Crippen LogP contribution in [0.5, 0.6) is 5.75 Å². The predicted octanol–water partition coefficient (Wildman–Crippen LogP) is 3.14. The Morgan fingerprint density at radius 3 is 2.14 bits per heavy atom. The summed E-state index contributed by atoms with van der Waals surface area (Å²) >= 11 is 0. The van der Waals surface area contributed by atoms with Crippen LogP contribution in [0.15, 0.2) is 36.9 Å². The number of carbonyl (C=O) groups excluding carboxylic acids is 2. The Balaban J connectivity index is 2.07. The summed E-state index contributed by atoms with van der Waals surface area (Å²) in [4.78, 5) is 22.5. The molecule has 0 spiro atoms. The quantitative estimate of drug-likeness (QED) is 0.377. The minimum absolute atomic E-state index is 0.331. The summed E-state index contributed by atoms with van der Waals surface area (Å²) in [6.45, 7) is 4.11. The number of carbonyl (C=O) groups is 2. The van der Waals surface area contributed by atoms with Crippen molar-refractivity contribution in [1.29, 1.82) is 0 Å². The van der Waals surface area contributed by atoms with E-state index in [4.69, 9.17) is 14.2 Å². The van der Waals surface area contributed by atoms with Gasteiger partial charge in [0, 0.05) is 6.08 Å². The van der Waals surface area contributed by atoms with E-state index in [9.17, 15) is 9.59 Å². The first kappa shape index (κ1) is 17.8. The molecule has 1 rings (SSSR count). The van der Waals surface area contributed by atoms with Crippen LogP contribution in [0.2, 0.25) is 0 Å². The van der Waals surface area contributed by atoms with Crippen LogP contribution in [0, 0.1) is 0 Å². The molecule has 0 radical (unpaired) electrons. The van der Waals surface area contributed by atoms with E-state index in [-0.39, 0.29) is 5.97 Å². The van der Waals surface area contributed by atoms with E-state index in [1.54, 1.807) is 31.4 Å². The molecule has 0 bridgehead atoms. The Kier molecular flexibility index (Phi) is 8.42. The van der Waals surface area contributed by atoms with Gasteiger partial charge in [-0.2, -0.15) is 0 Å². The third kappa shape index (κ3) is 6.92. The maximum Gasteiger partial charge on any atom is 0.338 e. The molecule has 0 aliphatic heterocycles. The average molecular weight is 306 g/mol. The standard InChI is InChI=1S/C17H22O5/c1-3-16(18)21-12-6-4-5-7-13-22-17(19)14-8-10-15(20-2)11-9-14/h3,8-11H,1,4-7,12-13H2,2H3. The van der Waals surface area contributed by atoms with Gasteiger partial charge in [-0.15, -0.1) is 0 Å². The number of methoxy groups -OCH3 is 1. The van der Waals surface area contributed by atoms with Crippen molar-refractivity contribution in [2.45, 2.75) is 25.7 Å². The molecule has 0 saturated carbocycles. The number of benzene rings is 1. The summed E-state index contributed by atoms with van der Waals surface area (Å²) in [5, 5.41) is 0. The lowest BCUT2D eigenvalue weighted by atomic mass is 10.2. The fourth-order valence-electron chi connectivity index (χ4n) is 1.76. The molecule has 0 aliphatic rings. The molecule has 0 heterocycles. The Bertz CT molecular complexity index is 478. The van der Waals surface area contributed by atoms with E-state index < -0.39 is 5.97 Å². The van der Waals surface area contributed by atoms with Crippen molar-refractivity contribution in [2.75, 3.05) is 20.3 Å². The van der Waals surface area contributed by atoms with Crippen LogP contribution >= 0.6 is 0 Å². The fourth-order valence-corrected chi connectivity index (χ4v) is 1.76. The zero-order valence-corrected chi connectivity index (χ0v) is 12.9. The van der Waals surface area contributed by atoms with Crippen LogP contribution in [0.1, 0.15) is 36.0 Å². The maximum absolute atomic E-state index is 11.8. The van der Waals surface area contributed by atoms with Crippen molar-refractivity contribution in [3.05, 3.63) is 42.5 Å². The molecular weight excluding hydrogens is 284 g/mol. The van der Waals surface area contributed by atoms with Gasteiger partial charge in [0.15, 0.2) is 0 Å². The summed E-state index contributed by atoms with van der Waals surface area (Å²) in [7, 11) is 1.58. The summed E-state index contributed by atoms with van der Waals surface area (Å²) in [6.07, 6.45) is 4.58. The predicted molar refractivity (Wildman–Crippen MR) is 82.9 cm³/mol. The first-order valence-corrected chi connectivity index (χ1v) is 7.27. The number of esters is 2. The summed E-state index contributed by atoms with van der Waals surface area (Å²) < 4.78 is 15.1. The minimum Gasteiger partial charge on any atom is -0.497 e. The Morgan fingerprint density at radius 2 is 1.59 bits per heavy atom. The van der Waals surface area contributed by atoms with E-state index in [2.05, 4.69) is 6.58 Å². The Morgan fingerprint density at radius 1 is 1.00 bits per heavy atom. The van der Waals surface area contributed by atoms with Crippen molar-refractivity contribution in [3.63, 3.8) is 0 Å². The third-order valence-corrected chi connectivity index (χ3v) is 3.01. The van der Waals surface area contributed by atoms with Crippen LogP contribution in [-0.4, -0.2) is 32.3 Å². The van der Waals surface area contributed by atoms with Gasteiger partial charge in [0.05, 0.1) is 25.9 Å². The minimum atomic E-state index is -0.395. The van der Waals surface area contributed by atoms with Gasteiger partial charge >= 0.3 is 11.9 Å². The van der Waals surface area contributed by atoms with Gasteiger partial charge in [0.2, 0.25) is 0 Å². The van der Waals surface area contributed by atoms with Crippen molar-refractivity contribution in [1.82, 2.24) is 0 Å². The molecule has 0 N–H and O–H groups in total. The van der Waals surface area contributed by atoms with Crippen LogP contribution in [0.3, 0.4) is 0 Å². The van der Waals surface area contributed by atoms with E-state index in [0.29, 0.717) is 24.5 Å². The molecule has 22 heavy (non-hydrogen) atoms. The first-order chi connectivity index (χ1) is 10.7. The van der Waals surface area contributed by atoms with E-state index >= 15 is 0 Å². The second-order valence-electron chi connectivity index (χ2n) is 4.65. The molecular formula is C17H22O5. The van der Waals surface area contributed by atoms with Gasteiger partial charge in [0.1, 0.15) is 5.75 Å². The van der Waals surface area contributed by atoms with Gasteiger partial charge in [-0.05, 0) is 49.9 Å². The van der Waals surface area contributed by atoms with Crippen molar-refractivity contribution < 1.29 is 23.8 Å². The van der Waals surface area contributed by atoms with Crippen molar-refractivity contribution in [2.24, 2.45) is 0 Å². The average Bonchev–Trinajstić information content (AvgIpc) is 2.56. The largest absolute Gasteiger partial charge is 0.497 e. The lowest BCUT2D eigenvalue weighted by Crippen LogP contribution is -2.06. The third-order valence-electron chi connectivity index (χ3n) is 3.01. The molecule has 0 saturated heterocycles. The topological polar surface area (TPSA) is 61.8 Å². The summed E-state index contributed by atoms with van der Waals surface area (Å²) in [5.74, 6) is -0.0234. The molecule has 1 aromatic rings. The Hall–Kier alpha value is -2.30. The van der Waals surface area contributed by atoms with Crippen molar-refractivity contribution >= 4 is 11.9 Å². The SMILES string of the molecule is C=CC(=O)OCCCCCCOC(=O)c1ccc(OC)cc1. The van der Waals surface area contributed by atoms with Crippen LogP contribution < -0.4 is 4.74 Å². The lowest BCUT2D eigenvalue weighted by molar-refractivity contribution is -0.137. The second-order valence-corrected chi connectivity index (χ2v) is 4.65. The highest BCUT2D eigenvalue weighted by atomic mass is 16.5. The van der Waals surface area contributed by atoms with Gasteiger partial charge in [0.25, 0.3) is 0 Å². The fraction of sp³-hybridized carbons (Fsp3) is 0.412. The molecule has 5 nitrogen and oxygen atoms in total. The van der Waals surface area contributed by atoms with Gasteiger partial charge < -0.3 is 14.2 Å². The molecule has 0 atom stereocenters. The highest BCUT2D eigenvalue weighted by Crippen LogP contribution is 2.12. The second kappa shape index (κ2) is 10.4. The smallest absolute Gasteiger partial charge is 0.338 e. The normalized spacial score (nSPS) is 9.86. The van der Waals surface area contributed by atoms with Gasteiger partial charge in [-0.1, -0.05) is 6.58 Å². The van der Waals surface area contributed by atoms with E-state index in [1.807, 2.05) is 0 Å². The van der Waals surface area contributed by atoms with Crippen LogP contribution in [-0.2, 0) is 14.3 Å². The zero-order valence-electron chi connectivity index (χ0n) is 12.9. The lowest BCUT2D eigenvalue weighted by Gasteiger charge is -2.06. The van der Waals surface area contributed by atoms with Gasteiger partial charge in [-0.3, -0.25) is 0 Å². The van der Waals surface area contributed by atoms with Crippen LogP contribution in [0.4, 0.5) is 0 Å². The Labute approximate surface area is 130 Å². The van der Waals surface area contributed by atoms with Gasteiger partial charge in [-0.25, -0.2) is 9.59 Å². The highest BCUT2D eigenvalue weighted by molar-refractivity contribution is 5.89. The molecule has 0 aliphatic carbocycles. The van der Waals surface area contributed by atoms with E-state index in [0.717, 1.165) is 31.8 Å². The summed E-state index contributed by atoms with van der Waals surface area (Å²) in [6, 6.07) is 6.80. The molecule has 120 valence electrons. The maximum atomic E-state index is 11.8. The zero-order chi connectivity index (χ0) is 16.2. The number of hydrogen-bond donors (Lipinski definition) is 0. The molecule has 1 aromatic carbocycles. The molecule has 0 aromatic heterocycles. The molecule has 5 heteroatoms. The number of hydrogen-bond acceptors (Lipinski definition) is 5. The van der Waals surface area contributed by atoms with Crippen molar-refractivity contribution in [3.8, 4) is 5.75 Å². The summed E-state index contributed by atoms with van der Waals surface area (Å²) in [5.41, 5.74) is 0.511. The number of rotatable bonds is 10. The molecule has 0 amide bonds. The first-order valence-electron chi connectivity index (χ1n) is 7.27.